The summed E-state index contributed by atoms with van der Waals surface area (Å²) in [7, 11) is 0. The molecule has 0 aromatic rings. The Hall–Kier alpha value is -0.760. The van der Waals surface area contributed by atoms with E-state index >= 15 is 0 Å². The van der Waals surface area contributed by atoms with Crippen molar-refractivity contribution in [1.82, 2.24) is 0 Å². The standard InChI is InChI=1S/C34H56O6/c1-19(8-9-20(2)32(4,5)38)25-12-13-26-24-11-10-22-18-23(40-31-30(37)29(36)28(35)21(3)39-31)14-16-33(22,6)27(24)15-17-34(25,26)7/h10,19,21,23-31,35-38H,2,8-9,11-18H2,1,3-7H3/t19-,21+,23+,24+,25-,26+,27+,28-,29-,30+,31+,33+,34-/m1/s1. The topological polar surface area (TPSA) is 99.4 Å². The molecule has 228 valence electrons. The van der Waals surface area contributed by atoms with Crippen molar-refractivity contribution in [1.29, 1.82) is 0 Å². The van der Waals surface area contributed by atoms with E-state index < -0.39 is 36.3 Å². The molecule has 40 heavy (non-hydrogen) atoms. The van der Waals surface area contributed by atoms with E-state index in [0.717, 1.165) is 61.9 Å². The van der Waals surface area contributed by atoms with Gasteiger partial charge in [-0.1, -0.05) is 39.0 Å². The third-order valence-corrected chi connectivity index (χ3v) is 12.7. The van der Waals surface area contributed by atoms with Gasteiger partial charge in [0.1, 0.15) is 18.3 Å². The Bertz CT molecular complexity index is 970. The van der Waals surface area contributed by atoms with Crippen molar-refractivity contribution < 1.29 is 29.9 Å². The molecule has 0 bridgehead atoms. The molecule has 4 fully saturated rings. The Morgan fingerprint density at radius 3 is 2.50 bits per heavy atom. The molecule has 4 aliphatic carbocycles. The van der Waals surface area contributed by atoms with Gasteiger partial charge < -0.3 is 29.9 Å². The number of allylic oxidation sites excluding steroid dienone is 1. The van der Waals surface area contributed by atoms with Crippen LogP contribution in [0.1, 0.15) is 106 Å². The van der Waals surface area contributed by atoms with Gasteiger partial charge in [-0.25, -0.2) is 0 Å². The van der Waals surface area contributed by atoms with Crippen LogP contribution in [0.2, 0.25) is 0 Å². The second-order valence-corrected chi connectivity index (χ2v) is 15.3. The van der Waals surface area contributed by atoms with Gasteiger partial charge >= 0.3 is 0 Å². The second kappa shape index (κ2) is 11.1. The van der Waals surface area contributed by atoms with Crippen molar-refractivity contribution in [3.05, 3.63) is 23.8 Å². The Kier molecular flexibility index (Phi) is 8.49. The van der Waals surface area contributed by atoms with Gasteiger partial charge in [0, 0.05) is 0 Å². The molecule has 13 atom stereocenters. The molecule has 0 amide bonds. The van der Waals surface area contributed by atoms with Crippen LogP contribution in [-0.2, 0) is 9.47 Å². The zero-order valence-electron chi connectivity index (χ0n) is 25.8. The average molecular weight is 561 g/mol. The van der Waals surface area contributed by atoms with Gasteiger partial charge in [0.25, 0.3) is 0 Å². The molecule has 0 spiro atoms. The van der Waals surface area contributed by atoms with Crippen molar-refractivity contribution in [2.45, 2.75) is 148 Å². The molecular formula is C34H56O6. The lowest BCUT2D eigenvalue weighted by Crippen LogP contribution is -2.58. The minimum absolute atomic E-state index is 0.0469. The first-order valence-corrected chi connectivity index (χ1v) is 16.1. The molecule has 0 aromatic carbocycles. The zero-order valence-corrected chi connectivity index (χ0v) is 25.8. The second-order valence-electron chi connectivity index (χ2n) is 15.3. The first-order chi connectivity index (χ1) is 18.7. The van der Waals surface area contributed by atoms with Crippen LogP contribution in [0.15, 0.2) is 23.8 Å². The average Bonchev–Trinajstić information content (AvgIpc) is 3.25. The summed E-state index contributed by atoms with van der Waals surface area (Å²) in [5.41, 5.74) is 2.27. The summed E-state index contributed by atoms with van der Waals surface area (Å²) in [6.45, 7) is 17.1. The molecular weight excluding hydrogens is 504 g/mol. The third kappa shape index (κ3) is 5.28. The van der Waals surface area contributed by atoms with Gasteiger partial charge in [-0.3, -0.25) is 0 Å². The lowest BCUT2D eigenvalue weighted by atomic mass is 9.47. The van der Waals surface area contributed by atoms with Crippen LogP contribution >= 0.6 is 0 Å². The number of aliphatic hydroxyl groups is 4. The summed E-state index contributed by atoms with van der Waals surface area (Å²) in [5.74, 6) is 3.62. The molecule has 1 heterocycles. The molecule has 6 nitrogen and oxygen atoms in total. The van der Waals surface area contributed by atoms with Crippen molar-refractivity contribution in [2.75, 3.05) is 0 Å². The van der Waals surface area contributed by atoms with Crippen LogP contribution in [-0.4, -0.2) is 62.8 Å². The molecule has 6 heteroatoms. The number of aliphatic hydroxyl groups excluding tert-OH is 3. The Balaban J connectivity index is 1.24. The molecule has 0 radical (unpaired) electrons. The van der Waals surface area contributed by atoms with E-state index in [1.807, 2.05) is 13.8 Å². The highest BCUT2D eigenvalue weighted by Crippen LogP contribution is 2.67. The fraction of sp³-hybridized carbons (Fsp3) is 0.882. The van der Waals surface area contributed by atoms with Crippen molar-refractivity contribution in [3.63, 3.8) is 0 Å². The van der Waals surface area contributed by atoms with Gasteiger partial charge in [0.05, 0.1) is 17.8 Å². The lowest BCUT2D eigenvalue weighted by Gasteiger charge is -2.58. The summed E-state index contributed by atoms with van der Waals surface area (Å²) in [5, 5.41) is 41.1. The lowest BCUT2D eigenvalue weighted by molar-refractivity contribution is -0.305. The normalized spacial score (nSPS) is 48.0. The molecule has 1 aliphatic heterocycles. The SMILES string of the molecule is C=C(CC[C@@H](C)[C@H]1CC[C@H]2[C@@H]3CC=C4C[C@@H](O[C@@H]5O[C@@H](C)[C@@H](O)[C@@H](O)[C@@H]5O)CC[C@]4(C)[C@H]3CC[C@]12C)C(C)(C)O. The van der Waals surface area contributed by atoms with Gasteiger partial charge in [-0.05, 0) is 131 Å². The molecule has 0 unspecified atom stereocenters. The van der Waals surface area contributed by atoms with E-state index in [1.165, 1.54) is 31.3 Å². The Morgan fingerprint density at radius 1 is 1.07 bits per heavy atom. The van der Waals surface area contributed by atoms with Crippen LogP contribution in [0.25, 0.3) is 0 Å². The van der Waals surface area contributed by atoms with Crippen molar-refractivity contribution in [2.24, 2.45) is 40.4 Å². The largest absolute Gasteiger partial charge is 0.388 e. The van der Waals surface area contributed by atoms with Crippen LogP contribution in [0.5, 0.6) is 0 Å². The van der Waals surface area contributed by atoms with E-state index in [1.54, 1.807) is 6.92 Å². The number of rotatable bonds is 7. The molecule has 3 saturated carbocycles. The number of hydrogen-bond donors (Lipinski definition) is 4. The maximum Gasteiger partial charge on any atom is 0.186 e. The molecule has 5 rings (SSSR count). The van der Waals surface area contributed by atoms with Crippen LogP contribution in [0.4, 0.5) is 0 Å². The van der Waals surface area contributed by atoms with Crippen LogP contribution < -0.4 is 0 Å². The van der Waals surface area contributed by atoms with E-state index in [0.29, 0.717) is 17.3 Å². The summed E-state index contributed by atoms with van der Waals surface area (Å²) >= 11 is 0. The van der Waals surface area contributed by atoms with E-state index in [9.17, 15) is 20.4 Å². The highest BCUT2D eigenvalue weighted by molar-refractivity contribution is 5.25. The minimum atomic E-state index is -1.26. The monoisotopic (exact) mass is 560 g/mol. The molecule has 5 aliphatic rings. The third-order valence-electron chi connectivity index (χ3n) is 12.7. The molecule has 1 saturated heterocycles. The quantitative estimate of drug-likeness (QED) is 0.306. The fourth-order valence-corrected chi connectivity index (χ4v) is 9.94. The molecule has 4 N–H and O–H groups in total. The van der Waals surface area contributed by atoms with Crippen molar-refractivity contribution >= 4 is 0 Å². The summed E-state index contributed by atoms with van der Waals surface area (Å²) < 4.78 is 12.0. The highest BCUT2D eigenvalue weighted by atomic mass is 16.7. The zero-order chi connectivity index (χ0) is 29.2. The summed E-state index contributed by atoms with van der Waals surface area (Å²) in [6.07, 6.45) is 8.68. The van der Waals surface area contributed by atoms with Crippen molar-refractivity contribution in [3.8, 4) is 0 Å². The van der Waals surface area contributed by atoms with Gasteiger partial charge in [0.15, 0.2) is 6.29 Å². The van der Waals surface area contributed by atoms with E-state index in [-0.39, 0.29) is 11.5 Å². The summed E-state index contributed by atoms with van der Waals surface area (Å²) in [4.78, 5) is 0. The van der Waals surface area contributed by atoms with Crippen LogP contribution in [0, 0.1) is 40.4 Å². The highest BCUT2D eigenvalue weighted by Gasteiger charge is 2.59. The van der Waals surface area contributed by atoms with E-state index in [2.05, 4.69) is 33.4 Å². The summed E-state index contributed by atoms with van der Waals surface area (Å²) in [6, 6.07) is 0. The fourth-order valence-electron chi connectivity index (χ4n) is 9.94. The maximum absolute atomic E-state index is 10.5. The number of hydrogen-bond acceptors (Lipinski definition) is 6. The van der Waals surface area contributed by atoms with Crippen LogP contribution in [0.3, 0.4) is 0 Å². The minimum Gasteiger partial charge on any atom is -0.388 e. The number of ether oxygens (including phenoxy) is 2. The molecule has 0 aromatic heterocycles. The van der Waals surface area contributed by atoms with E-state index in [4.69, 9.17) is 9.47 Å². The first-order valence-electron chi connectivity index (χ1n) is 16.1. The first kappa shape index (κ1) is 30.7. The van der Waals surface area contributed by atoms with Gasteiger partial charge in [0.2, 0.25) is 0 Å². The number of fused-ring (bicyclic) bond motifs is 5. The smallest absolute Gasteiger partial charge is 0.186 e. The Labute approximate surface area is 242 Å². The maximum atomic E-state index is 10.5. The predicted molar refractivity (Wildman–Crippen MR) is 156 cm³/mol. The van der Waals surface area contributed by atoms with Gasteiger partial charge in [-0.2, -0.15) is 0 Å². The predicted octanol–water partition coefficient (Wildman–Crippen LogP) is 5.52. The van der Waals surface area contributed by atoms with Gasteiger partial charge in [-0.15, -0.1) is 0 Å². The Morgan fingerprint density at radius 2 is 1.80 bits per heavy atom.